The van der Waals surface area contributed by atoms with E-state index in [-0.39, 0.29) is 41.9 Å². The van der Waals surface area contributed by atoms with Gasteiger partial charge in [0.2, 0.25) is 11.8 Å². The molecule has 0 radical (unpaired) electrons. The highest BCUT2D eigenvalue weighted by Gasteiger charge is 2.41. The molecule has 2 aromatic rings. The zero-order valence-electron chi connectivity index (χ0n) is 18.9. The lowest BCUT2D eigenvalue weighted by molar-refractivity contribution is -0.140. The van der Waals surface area contributed by atoms with Gasteiger partial charge in [0.1, 0.15) is 10.9 Å². The van der Waals surface area contributed by atoms with E-state index < -0.39 is 27.9 Å². The van der Waals surface area contributed by atoms with Crippen molar-refractivity contribution in [1.82, 2.24) is 14.5 Å². The molecule has 0 unspecified atom stereocenters. The average molecular weight is 526 g/mol. The number of halogens is 2. The second kappa shape index (κ2) is 10.3. The quantitative estimate of drug-likeness (QED) is 0.568. The third-order valence-corrected chi connectivity index (χ3v) is 7.96. The summed E-state index contributed by atoms with van der Waals surface area (Å²) in [7, 11) is -4.04. The molecular formula is C23H25Cl2N3O5S. The number of carbonyl (C=O) groups is 3. The van der Waals surface area contributed by atoms with Gasteiger partial charge in [-0.1, -0.05) is 41.4 Å². The van der Waals surface area contributed by atoms with Crippen LogP contribution in [0.5, 0.6) is 0 Å². The zero-order chi connectivity index (χ0) is 25.2. The lowest BCUT2D eigenvalue weighted by Gasteiger charge is -2.30. The number of carbonyl (C=O) groups excluding carboxylic acids is 3. The van der Waals surface area contributed by atoms with E-state index >= 15 is 0 Å². The van der Waals surface area contributed by atoms with Crippen LogP contribution in [0.4, 0.5) is 0 Å². The Labute approximate surface area is 208 Å². The summed E-state index contributed by atoms with van der Waals surface area (Å²) < 4.78 is 26.3. The normalized spacial score (nSPS) is 15.2. The molecule has 1 heterocycles. The second-order valence-corrected chi connectivity index (χ2v) is 10.9. The molecule has 182 valence electrons. The van der Waals surface area contributed by atoms with Gasteiger partial charge in [0.15, 0.2) is 0 Å². The summed E-state index contributed by atoms with van der Waals surface area (Å²) >= 11 is 12.1. The Kier molecular flexibility index (Phi) is 7.90. The van der Waals surface area contributed by atoms with Gasteiger partial charge in [-0.3, -0.25) is 14.4 Å². The summed E-state index contributed by atoms with van der Waals surface area (Å²) in [6, 6.07) is 9.80. The third-order valence-electron chi connectivity index (χ3n) is 5.38. The van der Waals surface area contributed by atoms with Crippen LogP contribution in [-0.4, -0.2) is 54.0 Å². The Morgan fingerprint density at radius 3 is 2.35 bits per heavy atom. The first-order chi connectivity index (χ1) is 15.9. The lowest BCUT2D eigenvalue weighted by Crippen LogP contribution is -2.49. The van der Waals surface area contributed by atoms with Crippen molar-refractivity contribution in [2.75, 3.05) is 6.54 Å². The fraction of sp³-hybridized carbons (Fsp3) is 0.348. The Hall–Kier alpha value is -2.62. The van der Waals surface area contributed by atoms with Gasteiger partial charge in [0.25, 0.3) is 15.9 Å². The highest BCUT2D eigenvalue weighted by Crippen LogP contribution is 2.30. The summed E-state index contributed by atoms with van der Waals surface area (Å²) in [5.41, 5.74) is 0.719. The number of amides is 3. The molecule has 11 heteroatoms. The maximum atomic E-state index is 13.2. The van der Waals surface area contributed by atoms with Gasteiger partial charge in [-0.05, 0) is 50.6 Å². The molecule has 0 saturated carbocycles. The molecule has 3 amide bonds. The molecule has 0 aromatic heterocycles. The largest absolute Gasteiger partial charge is 0.352 e. The van der Waals surface area contributed by atoms with Crippen LogP contribution in [0.1, 0.15) is 43.1 Å². The highest BCUT2D eigenvalue weighted by atomic mass is 35.5. The van der Waals surface area contributed by atoms with E-state index in [9.17, 15) is 22.8 Å². The summed E-state index contributed by atoms with van der Waals surface area (Å²) in [5.74, 6) is -1.53. The van der Waals surface area contributed by atoms with Gasteiger partial charge in [-0.25, -0.2) is 12.7 Å². The minimum absolute atomic E-state index is 0.0450. The minimum Gasteiger partial charge on any atom is -0.352 e. The Morgan fingerprint density at radius 2 is 1.74 bits per heavy atom. The van der Waals surface area contributed by atoms with Gasteiger partial charge in [-0.15, -0.1) is 0 Å². The number of hydrogen-bond donors (Lipinski definition) is 1. The van der Waals surface area contributed by atoms with Crippen LogP contribution in [0.25, 0.3) is 0 Å². The number of hydrogen-bond acceptors (Lipinski definition) is 5. The van der Waals surface area contributed by atoms with Crippen molar-refractivity contribution in [3.05, 3.63) is 63.6 Å². The van der Waals surface area contributed by atoms with Crippen molar-refractivity contribution < 1.29 is 22.8 Å². The molecule has 1 N–H and O–H groups in total. The summed E-state index contributed by atoms with van der Waals surface area (Å²) in [6.07, 6.45) is -0.292. The topological polar surface area (TPSA) is 104 Å². The number of rotatable bonds is 8. The van der Waals surface area contributed by atoms with Crippen LogP contribution >= 0.6 is 23.2 Å². The van der Waals surface area contributed by atoms with Crippen LogP contribution in [0.2, 0.25) is 10.0 Å². The number of fused-ring (bicyclic) bond motifs is 1. The minimum atomic E-state index is -4.04. The Morgan fingerprint density at radius 1 is 1.06 bits per heavy atom. The third kappa shape index (κ3) is 5.37. The van der Waals surface area contributed by atoms with Crippen LogP contribution in [0.15, 0.2) is 47.4 Å². The van der Waals surface area contributed by atoms with Crippen molar-refractivity contribution in [3.63, 3.8) is 0 Å². The summed E-state index contributed by atoms with van der Waals surface area (Å²) in [6.45, 7) is 4.89. The monoisotopic (exact) mass is 525 g/mol. The summed E-state index contributed by atoms with van der Waals surface area (Å²) in [4.78, 5) is 39.8. The molecule has 0 aliphatic carbocycles. The first-order valence-corrected chi connectivity index (χ1v) is 12.8. The van der Waals surface area contributed by atoms with Gasteiger partial charge >= 0.3 is 0 Å². The van der Waals surface area contributed by atoms with Gasteiger partial charge in [0.05, 0.1) is 15.6 Å². The Bertz CT molecular complexity index is 1230. The second-order valence-electron chi connectivity index (χ2n) is 8.24. The SMILES string of the molecule is CC(C)NC(=O)[C@@H](C)N(Cc1ccc(Cl)c(Cl)c1)C(=O)CCN1C(=O)c2ccccc2S1(=O)=O. The van der Waals surface area contributed by atoms with E-state index in [1.54, 1.807) is 45.0 Å². The van der Waals surface area contributed by atoms with E-state index in [4.69, 9.17) is 23.2 Å². The highest BCUT2D eigenvalue weighted by molar-refractivity contribution is 7.90. The van der Waals surface area contributed by atoms with Crippen molar-refractivity contribution in [2.45, 2.75) is 50.7 Å². The molecule has 0 bridgehead atoms. The predicted octanol–water partition coefficient (Wildman–Crippen LogP) is 3.47. The molecule has 34 heavy (non-hydrogen) atoms. The van der Waals surface area contributed by atoms with Crippen molar-refractivity contribution in [1.29, 1.82) is 0 Å². The van der Waals surface area contributed by atoms with E-state index in [0.29, 0.717) is 19.9 Å². The van der Waals surface area contributed by atoms with E-state index in [0.717, 1.165) is 0 Å². The molecule has 1 atom stereocenters. The molecule has 3 rings (SSSR count). The fourth-order valence-corrected chi connectivity index (χ4v) is 5.51. The smallest absolute Gasteiger partial charge is 0.269 e. The van der Waals surface area contributed by atoms with E-state index in [2.05, 4.69) is 5.32 Å². The molecule has 2 aromatic carbocycles. The average Bonchev–Trinajstić information content (AvgIpc) is 2.97. The number of sulfonamides is 1. The molecular weight excluding hydrogens is 501 g/mol. The van der Waals surface area contributed by atoms with Crippen molar-refractivity contribution in [3.8, 4) is 0 Å². The summed E-state index contributed by atoms with van der Waals surface area (Å²) in [5, 5.41) is 3.43. The number of nitrogens with zero attached hydrogens (tertiary/aromatic N) is 2. The fourth-order valence-electron chi connectivity index (χ4n) is 3.62. The molecule has 8 nitrogen and oxygen atoms in total. The van der Waals surface area contributed by atoms with Crippen LogP contribution in [-0.2, 0) is 26.2 Å². The van der Waals surface area contributed by atoms with Crippen molar-refractivity contribution >= 4 is 50.9 Å². The van der Waals surface area contributed by atoms with Gasteiger partial charge < -0.3 is 10.2 Å². The van der Waals surface area contributed by atoms with Gasteiger partial charge in [0, 0.05) is 25.6 Å². The molecule has 0 spiro atoms. The zero-order valence-corrected chi connectivity index (χ0v) is 21.2. The van der Waals surface area contributed by atoms with Crippen LogP contribution < -0.4 is 5.32 Å². The first kappa shape index (κ1) is 26.0. The molecule has 0 fully saturated rings. The van der Waals surface area contributed by atoms with E-state index in [1.807, 2.05) is 0 Å². The molecule has 1 aliphatic heterocycles. The van der Waals surface area contributed by atoms with Gasteiger partial charge in [-0.2, -0.15) is 0 Å². The Balaban J connectivity index is 1.81. The van der Waals surface area contributed by atoms with Crippen LogP contribution in [0.3, 0.4) is 0 Å². The molecule has 1 aliphatic rings. The maximum absolute atomic E-state index is 13.2. The molecule has 0 saturated heterocycles. The lowest BCUT2D eigenvalue weighted by atomic mass is 10.1. The maximum Gasteiger partial charge on any atom is 0.269 e. The number of benzene rings is 2. The van der Waals surface area contributed by atoms with Crippen LogP contribution in [0, 0.1) is 0 Å². The van der Waals surface area contributed by atoms with Crippen molar-refractivity contribution in [2.24, 2.45) is 0 Å². The van der Waals surface area contributed by atoms with E-state index in [1.165, 1.54) is 23.1 Å². The first-order valence-electron chi connectivity index (χ1n) is 10.6. The standard InChI is InChI=1S/C23H25Cl2N3O5S/c1-14(2)26-22(30)15(3)27(13-16-8-9-18(24)19(25)12-16)21(29)10-11-28-23(31)17-6-4-5-7-20(17)34(28,32)33/h4-9,12,14-15H,10-11,13H2,1-3H3,(H,26,30)/t15-/m1/s1. The predicted molar refractivity (Wildman–Crippen MR) is 129 cm³/mol. The number of nitrogens with one attached hydrogen (secondary N) is 1.